The van der Waals surface area contributed by atoms with Gasteiger partial charge in [-0.1, -0.05) is 0 Å². The van der Waals surface area contributed by atoms with Crippen LogP contribution in [0.5, 0.6) is 0 Å². The average molecular weight is 295 g/mol. The molecule has 2 aliphatic rings. The number of carboxylic acids is 1. The number of aryl methyl sites for hydroxylation is 1. The first-order valence-electron chi connectivity index (χ1n) is 7.31. The van der Waals surface area contributed by atoms with Gasteiger partial charge in [0, 0.05) is 24.5 Å². The van der Waals surface area contributed by atoms with Gasteiger partial charge in [-0.2, -0.15) is 0 Å². The lowest BCUT2D eigenvalue weighted by molar-refractivity contribution is -0.139. The molecule has 1 saturated heterocycles. The molecule has 1 aliphatic heterocycles. The van der Waals surface area contributed by atoms with Crippen LogP contribution in [0.1, 0.15) is 35.8 Å². The van der Waals surface area contributed by atoms with Crippen molar-refractivity contribution in [3.8, 4) is 0 Å². The minimum Gasteiger partial charge on any atom is -0.481 e. The minimum absolute atomic E-state index is 0.390. The molecule has 6 heteroatoms. The second-order valence-electron chi connectivity index (χ2n) is 5.73. The molecule has 110 valence electrons. The molecule has 1 aromatic rings. The third kappa shape index (κ3) is 2.67. The van der Waals surface area contributed by atoms with Crippen LogP contribution in [0.4, 0.5) is 5.13 Å². The maximum atomic E-state index is 11.3. The highest BCUT2D eigenvalue weighted by molar-refractivity contribution is 7.15. The van der Waals surface area contributed by atoms with Crippen molar-refractivity contribution in [1.29, 1.82) is 0 Å². The standard InChI is InChI=1S/C14H21N3O2S/c1-16-6-3-7-17(9-8-16)14-15-12-10(13(18)19)4-2-5-11(12)20-14/h10H,2-9H2,1H3,(H,18,19). The van der Waals surface area contributed by atoms with E-state index in [0.29, 0.717) is 0 Å². The normalized spacial score (nSPS) is 24.2. The van der Waals surface area contributed by atoms with Gasteiger partial charge in [0.05, 0.1) is 5.69 Å². The number of carboxylic acid groups (broad SMARTS) is 1. The highest BCUT2D eigenvalue weighted by Crippen LogP contribution is 2.38. The lowest BCUT2D eigenvalue weighted by atomic mass is 9.91. The van der Waals surface area contributed by atoms with Gasteiger partial charge in [0.2, 0.25) is 0 Å². The Hall–Kier alpha value is -1.14. The number of aromatic nitrogens is 1. The molecule has 1 aliphatic carbocycles. The Morgan fingerprint density at radius 3 is 2.95 bits per heavy atom. The first-order chi connectivity index (χ1) is 9.65. The van der Waals surface area contributed by atoms with Crippen molar-refractivity contribution in [1.82, 2.24) is 9.88 Å². The molecule has 1 fully saturated rings. The van der Waals surface area contributed by atoms with E-state index in [2.05, 4.69) is 21.8 Å². The summed E-state index contributed by atoms with van der Waals surface area (Å²) in [6.45, 7) is 4.18. The number of hydrogen-bond donors (Lipinski definition) is 1. The molecule has 3 rings (SSSR count). The topological polar surface area (TPSA) is 56.7 Å². The van der Waals surface area contributed by atoms with E-state index in [1.54, 1.807) is 11.3 Å². The van der Waals surface area contributed by atoms with Crippen molar-refractivity contribution in [3.05, 3.63) is 10.6 Å². The monoisotopic (exact) mass is 295 g/mol. The van der Waals surface area contributed by atoms with Crippen LogP contribution in [-0.2, 0) is 11.2 Å². The number of anilines is 1. The maximum Gasteiger partial charge on any atom is 0.312 e. The second-order valence-corrected chi connectivity index (χ2v) is 6.79. The smallest absolute Gasteiger partial charge is 0.312 e. The zero-order chi connectivity index (χ0) is 14.1. The molecular formula is C14H21N3O2S. The molecule has 1 unspecified atom stereocenters. The summed E-state index contributed by atoms with van der Waals surface area (Å²) in [6.07, 6.45) is 3.83. The van der Waals surface area contributed by atoms with E-state index in [1.807, 2.05) is 0 Å². The van der Waals surface area contributed by atoms with Crippen LogP contribution in [-0.4, -0.2) is 54.2 Å². The summed E-state index contributed by atoms with van der Waals surface area (Å²) < 4.78 is 0. The predicted octanol–water partition coefficient (Wildman–Crippen LogP) is 1.79. The summed E-state index contributed by atoms with van der Waals surface area (Å²) in [6, 6.07) is 0. The fourth-order valence-electron chi connectivity index (χ4n) is 3.02. The molecule has 0 aromatic carbocycles. The molecule has 1 N–H and O–H groups in total. The number of thiazole rings is 1. The number of carbonyl (C=O) groups is 1. The number of fused-ring (bicyclic) bond motifs is 1. The van der Waals surface area contributed by atoms with Gasteiger partial charge in [0.25, 0.3) is 0 Å². The van der Waals surface area contributed by atoms with Crippen LogP contribution in [0, 0.1) is 0 Å². The van der Waals surface area contributed by atoms with Crippen molar-refractivity contribution >= 4 is 22.4 Å². The number of nitrogens with zero attached hydrogens (tertiary/aromatic N) is 3. The molecular weight excluding hydrogens is 274 g/mol. The van der Waals surface area contributed by atoms with Gasteiger partial charge < -0.3 is 14.9 Å². The molecule has 20 heavy (non-hydrogen) atoms. The molecule has 1 atom stereocenters. The van der Waals surface area contributed by atoms with Gasteiger partial charge in [-0.05, 0) is 39.3 Å². The van der Waals surface area contributed by atoms with Crippen LogP contribution in [0.3, 0.4) is 0 Å². The van der Waals surface area contributed by atoms with Gasteiger partial charge >= 0.3 is 5.97 Å². The first-order valence-corrected chi connectivity index (χ1v) is 8.12. The molecule has 5 nitrogen and oxygen atoms in total. The van der Waals surface area contributed by atoms with Crippen LogP contribution in [0.25, 0.3) is 0 Å². The number of aliphatic carboxylic acids is 1. The first kappa shape index (κ1) is 13.8. The summed E-state index contributed by atoms with van der Waals surface area (Å²) in [5.74, 6) is -1.11. The van der Waals surface area contributed by atoms with Crippen LogP contribution in [0.15, 0.2) is 0 Å². The van der Waals surface area contributed by atoms with Crippen molar-refractivity contribution in [3.63, 3.8) is 0 Å². The zero-order valence-electron chi connectivity index (χ0n) is 11.8. The summed E-state index contributed by atoms with van der Waals surface area (Å²) >= 11 is 1.71. The quantitative estimate of drug-likeness (QED) is 0.901. The van der Waals surface area contributed by atoms with Crippen molar-refractivity contribution < 1.29 is 9.90 Å². The van der Waals surface area contributed by atoms with Gasteiger partial charge in [-0.15, -0.1) is 11.3 Å². The zero-order valence-corrected chi connectivity index (χ0v) is 12.7. The SMILES string of the molecule is CN1CCCN(c2nc3c(s2)CCCC3C(=O)O)CC1. The highest BCUT2D eigenvalue weighted by Gasteiger charge is 2.31. The van der Waals surface area contributed by atoms with Gasteiger partial charge in [-0.3, -0.25) is 4.79 Å². The molecule has 0 bridgehead atoms. The Morgan fingerprint density at radius 2 is 2.15 bits per heavy atom. The Balaban J connectivity index is 1.83. The fourth-order valence-corrected chi connectivity index (χ4v) is 4.23. The number of likely N-dealkylation sites (N-methyl/N-ethyl adjacent to an activating group) is 1. The van der Waals surface area contributed by atoms with Gasteiger partial charge in [0.1, 0.15) is 5.92 Å². The lowest BCUT2D eigenvalue weighted by Crippen LogP contribution is -2.28. The summed E-state index contributed by atoms with van der Waals surface area (Å²) in [5, 5.41) is 10.4. The third-order valence-corrected chi connectivity index (χ3v) is 5.42. The van der Waals surface area contributed by atoms with E-state index in [9.17, 15) is 9.90 Å². The van der Waals surface area contributed by atoms with Crippen molar-refractivity contribution in [2.45, 2.75) is 31.6 Å². The van der Waals surface area contributed by atoms with Crippen molar-refractivity contribution in [2.75, 3.05) is 38.1 Å². The van der Waals surface area contributed by atoms with E-state index >= 15 is 0 Å². The van der Waals surface area contributed by atoms with E-state index in [4.69, 9.17) is 0 Å². The minimum atomic E-state index is -0.724. The van der Waals surface area contributed by atoms with E-state index in [1.165, 1.54) is 4.88 Å². The molecule has 0 radical (unpaired) electrons. The second kappa shape index (κ2) is 5.69. The van der Waals surface area contributed by atoms with Crippen LogP contribution >= 0.6 is 11.3 Å². The predicted molar refractivity (Wildman–Crippen MR) is 79.8 cm³/mol. The van der Waals surface area contributed by atoms with E-state index in [0.717, 1.165) is 62.7 Å². The molecule has 0 saturated carbocycles. The van der Waals surface area contributed by atoms with E-state index < -0.39 is 11.9 Å². The third-order valence-electron chi connectivity index (χ3n) is 4.23. The highest BCUT2D eigenvalue weighted by atomic mass is 32.1. The lowest BCUT2D eigenvalue weighted by Gasteiger charge is -2.19. The largest absolute Gasteiger partial charge is 0.481 e. The molecule has 1 aromatic heterocycles. The number of hydrogen-bond acceptors (Lipinski definition) is 5. The van der Waals surface area contributed by atoms with Crippen LogP contribution < -0.4 is 4.90 Å². The Morgan fingerprint density at radius 1 is 1.30 bits per heavy atom. The Bertz CT molecular complexity index is 503. The number of rotatable bonds is 2. The molecule has 0 spiro atoms. The van der Waals surface area contributed by atoms with Crippen molar-refractivity contribution in [2.24, 2.45) is 0 Å². The molecule has 0 amide bonds. The van der Waals surface area contributed by atoms with Gasteiger partial charge in [0.15, 0.2) is 5.13 Å². The Kier molecular flexibility index (Phi) is 3.94. The summed E-state index contributed by atoms with van der Waals surface area (Å²) in [4.78, 5) is 21.9. The fraction of sp³-hybridized carbons (Fsp3) is 0.714. The van der Waals surface area contributed by atoms with Crippen LogP contribution in [0.2, 0.25) is 0 Å². The average Bonchev–Trinajstić information content (AvgIpc) is 2.74. The Labute approximate surface area is 123 Å². The summed E-state index contributed by atoms with van der Waals surface area (Å²) in [7, 11) is 2.15. The van der Waals surface area contributed by atoms with E-state index in [-0.39, 0.29) is 0 Å². The molecule has 2 heterocycles. The van der Waals surface area contributed by atoms with Gasteiger partial charge in [-0.25, -0.2) is 4.98 Å². The summed E-state index contributed by atoms with van der Waals surface area (Å²) in [5.41, 5.74) is 0.835. The maximum absolute atomic E-state index is 11.3.